The van der Waals surface area contributed by atoms with Crippen molar-refractivity contribution < 1.29 is 14.6 Å². The van der Waals surface area contributed by atoms with Gasteiger partial charge in [-0.2, -0.15) is 0 Å². The summed E-state index contributed by atoms with van der Waals surface area (Å²) in [6.45, 7) is 5.44. The van der Waals surface area contributed by atoms with Crippen LogP contribution in [0.4, 0.5) is 4.79 Å². The highest BCUT2D eigenvalue weighted by Gasteiger charge is 2.34. The molecule has 0 radical (unpaired) electrons. The Kier molecular flexibility index (Phi) is 3.14. The number of carbonyl (C=O) groups excluding carboxylic acids is 1. The van der Waals surface area contributed by atoms with E-state index in [0.29, 0.717) is 0 Å². The number of rotatable bonds is 1. The average Bonchev–Trinajstić information content (AvgIpc) is 2.65. The molecule has 0 bridgehead atoms. The quantitative estimate of drug-likeness (QED) is 0.843. The van der Waals surface area contributed by atoms with Gasteiger partial charge in [-0.3, -0.25) is 0 Å². The average molecular weight is 285 g/mol. The third-order valence-corrected chi connectivity index (χ3v) is 3.61. The first-order valence-corrected chi connectivity index (χ1v) is 7.06. The molecular weight excluding hydrogens is 266 g/mol. The van der Waals surface area contributed by atoms with Crippen LogP contribution < -0.4 is 5.32 Å². The summed E-state index contributed by atoms with van der Waals surface area (Å²) in [5.41, 5.74) is 1.22. The van der Waals surface area contributed by atoms with E-state index in [1.165, 1.54) is 0 Å². The van der Waals surface area contributed by atoms with Crippen LogP contribution >= 0.6 is 0 Å². The van der Waals surface area contributed by atoms with Gasteiger partial charge in [0, 0.05) is 0 Å². The summed E-state index contributed by atoms with van der Waals surface area (Å²) in [7, 11) is 0. The highest BCUT2D eigenvalue weighted by molar-refractivity contribution is 5.92. The Morgan fingerprint density at radius 1 is 1.14 bits per heavy atom. The lowest BCUT2D eigenvalue weighted by Crippen LogP contribution is -2.36. The molecule has 2 aromatic rings. The highest BCUT2D eigenvalue weighted by Crippen LogP contribution is 2.43. The van der Waals surface area contributed by atoms with Gasteiger partial charge >= 0.3 is 6.09 Å². The Morgan fingerprint density at radius 2 is 1.76 bits per heavy atom. The van der Waals surface area contributed by atoms with Gasteiger partial charge in [0.15, 0.2) is 0 Å². The monoisotopic (exact) mass is 285 g/mol. The van der Waals surface area contributed by atoms with Gasteiger partial charge in [0.2, 0.25) is 0 Å². The molecule has 0 heterocycles. The maximum absolute atomic E-state index is 12.0. The van der Waals surface area contributed by atoms with E-state index < -0.39 is 23.8 Å². The molecule has 2 N–H and O–H groups in total. The van der Waals surface area contributed by atoms with Gasteiger partial charge < -0.3 is 15.2 Å². The van der Waals surface area contributed by atoms with E-state index in [4.69, 9.17) is 4.74 Å². The minimum atomic E-state index is -0.751. The van der Waals surface area contributed by atoms with Crippen molar-refractivity contribution in [2.45, 2.75) is 38.5 Å². The number of hydrogen-bond acceptors (Lipinski definition) is 3. The molecule has 21 heavy (non-hydrogen) atoms. The van der Waals surface area contributed by atoms with Crippen LogP contribution in [0.5, 0.6) is 0 Å². The van der Waals surface area contributed by atoms with E-state index >= 15 is 0 Å². The first kappa shape index (κ1) is 13.9. The molecule has 0 aliphatic heterocycles. The first-order chi connectivity index (χ1) is 9.87. The second-order valence-electron chi connectivity index (χ2n) is 6.36. The summed E-state index contributed by atoms with van der Waals surface area (Å²) in [6, 6.07) is 11.2. The predicted molar refractivity (Wildman–Crippen MR) is 81.0 cm³/mol. The van der Waals surface area contributed by atoms with Gasteiger partial charge in [-0.1, -0.05) is 36.4 Å². The molecule has 1 aliphatic rings. The summed E-state index contributed by atoms with van der Waals surface area (Å²) >= 11 is 0. The maximum atomic E-state index is 12.0. The fourth-order valence-corrected chi connectivity index (χ4v) is 2.85. The van der Waals surface area contributed by atoms with Gasteiger partial charge in [-0.05, 0) is 42.7 Å². The van der Waals surface area contributed by atoms with Crippen molar-refractivity contribution in [2.75, 3.05) is 0 Å². The fourth-order valence-electron chi connectivity index (χ4n) is 2.85. The van der Waals surface area contributed by atoms with Crippen molar-refractivity contribution in [1.82, 2.24) is 5.32 Å². The Bertz CT molecular complexity index is 697. The summed E-state index contributed by atoms with van der Waals surface area (Å²) in [6.07, 6.45) is -1.27. The highest BCUT2D eigenvalue weighted by atomic mass is 16.6. The Hall–Kier alpha value is -2.07. The standard InChI is InChI=1S/C17H19NO3/c1-17(2,3)21-16(20)18-14-11-8-4-6-10-7-5-9-12(13(10)11)15(14)19/h4-9,14-15,19H,1-3H3,(H,18,20)/t14-,15-/m0/s1. The van der Waals surface area contributed by atoms with Crippen molar-refractivity contribution in [2.24, 2.45) is 0 Å². The smallest absolute Gasteiger partial charge is 0.408 e. The van der Waals surface area contributed by atoms with E-state index in [9.17, 15) is 9.90 Å². The van der Waals surface area contributed by atoms with E-state index in [0.717, 1.165) is 21.9 Å². The number of aliphatic hydroxyl groups is 1. The minimum Gasteiger partial charge on any atom is -0.444 e. The van der Waals surface area contributed by atoms with Crippen LogP contribution in [0.2, 0.25) is 0 Å². The number of ether oxygens (including phenoxy) is 1. The predicted octanol–water partition coefficient (Wildman–Crippen LogP) is 3.45. The molecule has 1 amide bonds. The number of benzene rings is 2. The van der Waals surface area contributed by atoms with Crippen LogP contribution in [-0.2, 0) is 4.74 Å². The number of amides is 1. The Balaban J connectivity index is 1.93. The van der Waals surface area contributed by atoms with Gasteiger partial charge in [0.1, 0.15) is 11.7 Å². The molecule has 0 aromatic heterocycles. The SMILES string of the molecule is CC(C)(C)OC(=O)N[C@H]1c2cccc3cccc(c23)[C@@H]1O. The van der Waals surface area contributed by atoms with E-state index in [2.05, 4.69) is 5.32 Å². The summed E-state index contributed by atoms with van der Waals surface area (Å²) in [5.74, 6) is 0. The molecule has 0 fully saturated rings. The van der Waals surface area contributed by atoms with Crippen LogP contribution in [-0.4, -0.2) is 16.8 Å². The van der Waals surface area contributed by atoms with E-state index in [1.54, 1.807) is 0 Å². The van der Waals surface area contributed by atoms with Gasteiger partial charge in [0.05, 0.1) is 6.04 Å². The van der Waals surface area contributed by atoms with Crippen molar-refractivity contribution in [3.05, 3.63) is 47.5 Å². The van der Waals surface area contributed by atoms with Crippen molar-refractivity contribution >= 4 is 16.9 Å². The second-order valence-corrected chi connectivity index (χ2v) is 6.36. The summed E-state index contributed by atoms with van der Waals surface area (Å²) < 4.78 is 5.28. The summed E-state index contributed by atoms with van der Waals surface area (Å²) in [4.78, 5) is 12.0. The van der Waals surface area contributed by atoms with Crippen molar-refractivity contribution in [1.29, 1.82) is 0 Å². The lowest BCUT2D eigenvalue weighted by atomic mass is 10.0. The van der Waals surface area contributed by atoms with Gasteiger partial charge in [-0.25, -0.2) is 4.79 Å². The van der Waals surface area contributed by atoms with E-state index in [-0.39, 0.29) is 0 Å². The third kappa shape index (κ3) is 2.47. The molecular formula is C17H19NO3. The fraction of sp³-hybridized carbons (Fsp3) is 0.353. The molecule has 0 saturated heterocycles. The number of aliphatic hydroxyl groups excluding tert-OH is 1. The number of nitrogens with one attached hydrogen (secondary N) is 1. The molecule has 2 atom stereocenters. The molecule has 4 nitrogen and oxygen atoms in total. The molecule has 110 valence electrons. The molecule has 0 unspecified atom stereocenters. The van der Waals surface area contributed by atoms with Gasteiger partial charge in [-0.15, -0.1) is 0 Å². The van der Waals surface area contributed by atoms with Crippen LogP contribution in [0.1, 0.15) is 44.0 Å². The largest absolute Gasteiger partial charge is 0.444 e. The van der Waals surface area contributed by atoms with Crippen LogP contribution in [0.25, 0.3) is 10.8 Å². The molecule has 1 aliphatic carbocycles. The minimum absolute atomic E-state index is 0.471. The van der Waals surface area contributed by atoms with Crippen molar-refractivity contribution in [3.8, 4) is 0 Å². The molecule has 0 spiro atoms. The van der Waals surface area contributed by atoms with Crippen LogP contribution in [0.3, 0.4) is 0 Å². The zero-order valence-electron chi connectivity index (χ0n) is 12.4. The number of carbonyl (C=O) groups is 1. The topological polar surface area (TPSA) is 58.6 Å². The zero-order valence-corrected chi connectivity index (χ0v) is 12.4. The lowest BCUT2D eigenvalue weighted by Gasteiger charge is -2.23. The molecule has 4 heteroatoms. The third-order valence-electron chi connectivity index (χ3n) is 3.61. The lowest BCUT2D eigenvalue weighted by molar-refractivity contribution is 0.0430. The number of hydrogen-bond donors (Lipinski definition) is 2. The Morgan fingerprint density at radius 3 is 2.38 bits per heavy atom. The number of alkyl carbamates (subject to hydrolysis) is 1. The first-order valence-electron chi connectivity index (χ1n) is 7.06. The van der Waals surface area contributed by atoms with Crippen molar-refractivity contribution in [3.63, 3.8) is 0 Å². The molecule has 2 aromatic carbocycles. The van der Waals surface area contributed by atoms with Crippen LogP contribution in [0.15, 0.2) is 36.4 Å². The summed E-state index contributed by atoms with van der Waals surface area (Å²) in [5, 5.41) is 15.4. The zero-order chi connectivity index (χ0) is 15.2. The maximum Gasteiger partial charge on any atom is 0.408 e. The van der Waals surface area contributed by atoms with Gasteiger partial charge in [0.25, 0.3) is 0 Å². The second kappa shape index (κ2) is 4.74. The Labute approximate surface area is 123 Å². The van der Waals surface area contributed by atoms with E-state index in [1.807, 2.05) is 57.2 Å². The molecule has 3 rings (SSSR count). The normalized spacial score (nSPS) is 20.6. The van der Waals surface area contributed by atoms with Crippen LogP contribution in [0, 0.1) is 0 Å². The molecule has 0 saturated carbocycles.